The van der Waals surface area contributed by atoms with Gasteiger partial charge in [-0.2, -0.15) is 0 Å². The lowest BCUT2D eigenvalue weighted by atomic mass is 10.1. The molecule has 0 aliphatic carbocycles. The highest BCUT2D eigenvalue weighted by atomic mass is 16.5. The Morgan fingerprint density at radius 3 is 2.75 bits per heavy atom. The largest absolute Gasteiger partial charge is 0.497 e. The number of para-hydroxylation sites is 2. The van der Waals surface area contributed by atoms with Crippen molar-refractivity contribution in [3.63, 3.8) is 0 Å². The molecule has 2 aromatic carbocycles. The quantitative estimate of drug-likeness (QED) is 0.829. The van der Waals surface area contributed by atoms with Gasteiger partial charge in [-0.15, -0.1) is 0 Å². The summed E-state index contributed by atoms with van der Waals surface area (Å²) in [6, 6.07) is 12.3. The molecule has 2 amide bonds. The van der Waals surface area contributed by atoms with E-state index < -0.39 is 0 Å². The normalized spacial score (nSPS) is 14.4. The Morgan fingerprint density at radius 2 is 2.00 bits per heavy atom. The van der Waals surface area contributed by atoms with Crippen molar-refractivity contribution in [3.05, 3.63) is 48.0 Å². The van der Waals surface area contributed by atoms with Gasteiger partial charge in [0, 0.05) is 5.56 Å². The van der Waals surface area contributed by atoms with Gasteiger partial charge in [0.1, 0.15) is 23.8 Å². The van der Waals surface area contributed by atoms with Gasteiger partial charge in [-0.05, 0) is 37.3 Å². The molecule has 3 rings (SSSR count). The smallest absolute Gasteiger partial charge is 0.240 e. The Kier molecular flexibility index (Phi) is 6.03. The van der Waals surface area contributed by atoms with Crippen molar-refractivity contribution in [2.24, 2.45) is 0 Å². The number of hydrogen-bond donors (Lipinski definition) is 1. The zero-order chi connectivity index (χ0) is 20.1. The van der Waals surface area contributed by atoms with Crippen LogP contribution in [0.2, 0.25) is 0 Å². The number of anilines is 1. The highest BCUT2D eigenvalue weighted by Gasteiger charge is 2.26. The van der Waals surface area contributed by atoms with Crippen LogP contribution in [-0.2, 0) is 9.59 Å². The number of nitrogens with zero attached hydrogens (tertiary/aromatic N) is 1. The molecule has 1 aliphatic heterocycles. The molecule has 1 N–H and O–H groups in total. The summed E-state index contributed by atoms with van der Waals surface area (Å²) in [4.78, 5) is 26.6. The van der Waals surface area contributed by atoms with Gasteiger partial charge < -0.3 is 19.5 Å². The average Bonchev–Trinajstić information content (AvgIpc) is 2.86. The third kappa shape index (κ3) is 4.19. The minimum atomic E-state index is -0.328. The van der Waals surface area contributed by atoms with Crippen LogP contribution in [0.5, 0.6) is 17.2 Å². The van der Waals surface area contributed by atoms with Gasteiger partial charge in [-0.25, -0.2) is 0 Å². The molecule has 148 valence electrons. The van der Waals surface area contributed by atoms with Crippen LogP contribution in [0.4, 0.5) is 5.69 Å². The number of carbonyl (C=O) groups is 2. The molecule has 0 saturated carbocycles. The molecule has 0 unspecified atom stereocenters. The molecule has 0 aromatic heterocycles. The summed E-state index contributed by atoms with van der Waals surface area (Å²) in [6.45, 7) is 2.07. The predicted octanol–water partition coefficient (Wildman–Crippen LogP) is 2.70. The van der Waals surface area contributed by atoms with Crippen LogP contribution >= 0.6 is 0 Å². The maximum Gasteiger partial charge on any atom is 0.240 e. The molecule has 0 saturated heterocycles. The first-order valence-electron chi connectivity index (χ1n) is 9.07. The summed E-state index contributed by atoms with van der Waals surface area (Å²) in [5, 5.41) is 2.93. The van der Waals surface area contributed by atoms with Crippen molar-refractivity contribution in [1.29, 1.82) is 0 Å². The molecule has 0 fully saturated rings. The van der Waals surface area contributed by atoms with Crippen LogP contribution in [-0.4, -0.2) is 39.2 Å². The number of fused-ring (bicyclic) bond motifs is 1. The first-order chi connectivity index (χ1) is 13.5. The van der Waals surface area contributed by atoms with E-state index in [0.717, 1.165) is 5.56 Å². The Hall–Kier alpha value is -3.22. The van der Waals surface area contributed by atoms with Crippen LogP contribution in [0, 0.1) is 0 Å². The van der Waals surface area contributed by atoms with E-state index in [1.54, 1.807) is 38.5 Å². The fraction of sp³-hybridized carbons (Fsp3) is 0.333. The molecule has 1 atom stereocenters. The zero-order valence-electron chi connectivity index (χ0n) is 16.2. The minimum absolute atomic E-state index is 0.0875. The first kappa shape index (κ1) is 19.5. The third-order valence-electron chi connectivity index (χ3n) is 4.61. The molecule has 7 nitrogen and oxygen atoms in total. The van der Waals surface area contributed by atoms with Gasteiger partial charge in [-0.1, -0.05) is 12.1 Å². The summed E-state index contributed by atoms with van der Waals surface area (Å²) in [5.41, 5.74) is 1.40. The Bertz CT molecular complexity index is 868. The number of rotatable bonds is 6. The van der Waals surface area contributed by atoms with Crippen molar-refractivity contribution in [2.75, 3.05) is 32.3 Å². The SMILES string of the molecule is COc1ccc(OC)c([C@H](C)NC(=O)CN2C(=O)CCOc3ccccc32)c1. The van der Waals surface area contributed by atoms with E-state index in [9.17, 15) is 9.59 Å². The highest BCUT2D eigenvalue weighted by Crippen LogP contribution is 2.31. The molecule has 2 aromatic rings. The third-order valence-corrected chi connectivity index (χ3v) is 4.61. The molecular formula is C21H24N2O5. The summed E-state index contributed by atoms with van der Waals surface area (Å²) in [7, 11) is 3.16. The molecule has 1 heterocycles. The molecule has 0 spiro atoms. The summed E-state index contributed by atoms with van der Waals surface area (Å²) in [5.74, 6) is 1.50. The van der Waals surface area contributed by atoms with Gasteiger partial charge in [0.05, 0.1) is 39.0 Å². The van der Waals surface area contributed by atoms with Crippen LogP contribution in [0.3, 0.4) is 0 Å². The minimum Gasteiger partial charge on any atom is -0.497 e. The van der Waals surface area contributed by atoms with Crippen LogP contribution in [0.1, 0.15) is 24.9 Å². The number of methoxy groups -OCH3 is 2. The molecule has 1 aliphatic rings. The molecule has 0 bridgehead atoms. The fourth-order valence-electron chi connectivity index (χ4n) is 3.18. The second kappa shape index (κ2) is 8.65. The number of nitrogens with one attached hydrogen (secondary N) is 1. The predicted molar refractivity (Wildman–Crippen MR) is 105 cm³/mol. The Labute approximate surface area is 164 Å². The van der Waals surface area contributed by atoms with E-state index in [-0.39, 0.29) is 30.8 Å². The lowest BCUT2D eigenvalue weighted by Crippen LogP contribution is -2.41. The number of amides is 2. The molecular weight excluding hydrogens is 360 g/mol. The molecule has 0 radical (unpaired) electrons. The lowest BCUT2D eigenvalue weighted by molar-refractivity contribution is -0.124. The van der Waals surface area contributed by atoms with Crippen molar-refractivity contribution in [3.8, 4) is 17.2 Å². The topological polar surface area (TPSA) is 77.1 Å². The average molecular weight is 384 g/mol. The van der Waals surface area contributed by atoms with E-state index in [1.165, 1.54) is 4.90 Å². The molecule has 7 heteroatoms. The van der Waals surface area contributed by atoms with E-state index in [1.807, 2.05) is 25.1 Å². The van der Waals surface area contributed by atoms with Gasteiger partial charge in [0.25, 0.3) is 0 Å². The Morgan fingerprint density at radius 1 is 1.21 bits per heavy atom. The van der Waals surface area contributed by atoms with E-state index >= 15 is 0 Å². The lowest BCUT2D eigenvalue weighted by Gasteiger charge is -2.23. The van der Waals surface area contributed by atoms with Gasteiger partial charge in [-0.3, -0.25) is 14.5 Å². The van der Waals surface area contributed by atoms with Gasteiger partial charge in [0.2, 0.25) is 11.8 Å². The van der Waals surface area contributed by atoms with Crippen molar-refractivity contribution in [1.82, 2.24) is 5.32 Å². The number of hydrogen-bond acceptors (Lipinski definition) is 5. The van der Waals surface area contributed by atoms with Crippen molar-refractivity contribution < 1.29 is 23.8 Å². The Balaban J connectivity index is 1.76. The first-order valence-corrected chi connectivity index (χ1v) is 9.07. The summed E-state index contributed by atoms with van der Waals surface area (Å²) in [6.07, 6.45) is 0.223. The van der Waals surface area contributed by atoms with Crippen molar-refractivity contribution in [2.45, 2.75) is 19.4 Å². The van der Waals surface area contributed by atoms with Crippen LogP contribution in [0.15, 0.2) is 42.5 Å². The van der Waals surface area contributed by atoms with Crippen LogP contribution < -0.4 is 24.4 Å². The molecule has 28 heavy (non-hydrogen) atoms. The second-order valence-electron chi connectivity index (χ2n) is 6.44. The fourth-order valence-corrected chi connectivity index (χ4v) is 3.18. The highest BCUT2D eigenvalue weighted by molar-refractivity contribution is 6.00. The van der Waals surface area contributed by atoms with Gasteiger partial charge in [0.15, 0.2) is 0 Å². The van der Waals surface area contributed by atoms with Crippen molar-refractivity contribution >= 4 is 17.5 Å². The monoisotopic (exact) mass is 384 g/mol. The summed E-state index contributed by atoms with van der Waals surface area (Å²) < 4.78 is 16.3. The summed E-state index contributed by atoms with van der Waals surface area (Å²) >= 11 is 0. The number of ether oxygens (including phenoxy) is 3. The van der Waals surface area contributed by atoms with E-state index in [2.05, 4.69) is 5.32 Å². The zero-order valence-corrected chi connectivity index (χ0v) is 16.2. The maximum absolute atomic E-state index is 12.7. The maximum atomic E-state index is 12.7. The standard InChI is InChI=1S/C21H24N2O5/c1-14(16-12-15(26-2)8-9-18(16)27-3)22-20(24)13-23-17-6-4-5-7-19(17)28-11-10-21(23)25/h4-9,12,14H,10-11,13H2,1-3H3,(H,22,24)/t14-/m0/s1. The van der Waals surface area contributed by atoms with E-state index in [4.69, 9.17) is 14.2 Å². The second-order valence-corrected chi connectivity index (χ2v) is 6.44. The number of carbonyl (C=O) groups excluding carboxylic acids is 2. The van der Waals surface area contributed by atoms with Crippen LogP contribution in [0.25, 0.3) is 0 Å². The van der Waals surface area contributed by atoms with E-state index in [0.29, 0.717) is 29.5 Å². The number of benzene rings is 2. The van der Waals surface area contributed by atoms with Gasteiger partial charge >= 0.3 is 0 Å².